The van der Waals surface area contributed by atoms with Crippen LogP contribution in [0.1, 0.15) is 12.0 Å². The smallest absolute Gasteiger partial charge is 0.222 e. The van der Waals surface area contributed by atoms with E-state index in [4.69, 9.17) is 5.73 Å². The van der Waals surface area contributed by atoms with Gasteiger partial charge in [-0.25, -0.2) is 0 Å². The highest BCUT2D eigenvalue weighted by molar-refractivity contribution is 7.99. The molecule has 1 rings (SSSR count). The molecule has 0 aliphatic rings. The fraction of sp³-hybridized carbons (Fsp3) is 0.417. The molecule has 0 saturated heterocycles. The molecular weight excluding hydrogens is 220 g/mol. The molecule has 0 fully saturated rings. The van der Waals surface area contributed by atoms with Gasteiger partial charge in [0.2, 0.25) is 5.91 Å². The zero-order valence-corrected chi connectivity index (χ0v) is 10.8. The number of nitrogen functional groups attached to an aromatic ring is 1. The molecule has 0 radical (unpaired) electrons. The SMILES string of the molecule is Cc1ccc(SCCC(=O)N(C)C)c(N)c1. The monoisotopic (exact) mass is 238 g/mol. The van der Waals surface area contributed by atoms with E-state index in [9.17, 15) is 4.79 Å². The summed E-state index contributed by atoms with van der Waals surface area (Å²) in [6.07, 6.45) is 0.547. The normalized spacial score (nSPS) is 10.2. The number of nitrogens with two attached hydrogens (primary N) is 1. The van der Waals surface area contributed by atoms with Crippen LogP contribution in [-0.2, 0) is 4.79 Å². The first-order chi connectivity index (χ1) is 7.50. The van der Waals surface area contributed by atoms with Crippen molar-refractivity contribution in [2.24, 2.45) is 0 Å². The van der Waals surface area contributed by atoms with Crippen molar-refractivity contribution in [2.45, 2.75) is 18.2 Å². The van der Waals surface area contributed by atoms with Crippen molar-refractivity contribution in [3.05, 3.63) is 23.8 Å². The van der Waals surface area contributed by atoms with Crippen LogP contribution in [-0.4, -0.2) is 30.7 Å². The maximum absolute atomic E-state index is 11.4. The molecule has 0 bridgehead atoms. The zero-order valence-electron chi connectivity index (χ0n) is 9.99. The lowest BCUT2D eigenvalue weighted by Gasteiger charge is -2.10. The Hall–Kier alpha value is -1.16. The predicted molar refractivity (Wildman–Crippen MR) is 69.6 cm³/mol. The van der Waals surface area contributed by atoms with Crippen LogP contribution >= 0.6 is 11.8 Å². The van der Waals surface area contributed by atoms with Gasteiger partial charge in [0.15, 0.2) is 0 Å². The third-order valence-electron chi connectivity index (χ3n) is 2.24. The minimum atomic E-state index is 0.151. The highest BCUT2D eigenvalue weighted by Crippen LogP contribution is 2.26. The first-order valence-electron chi connectivity index (χ1n) is 5.20. The van der Waals surface area contributed by atoms with Gasteiger partial charge in [-0.3, -0.25) is 4.79 Å². The van der Waals surface area contributed by atoms with Crippen LogP contribution < -0.4 is 5.73 Å². The van der Waals surface area contributed by atoms with E-state index in [2.05, 4.69) is 0 Å². The van der Waals surface area contributed by atoms with Crippen LogP contribution in [0.3, 0.4) is 0 Å². The first-order valence-corrected chi connectivity index (χ1v) is 6.18. The van der Waals surface area contributed by atoms with Gasteiger partial charge in [0, 0.05) is 36.9 Å². The Balaban J connectivity index is 2.46. The molecule has 16 heavy (non-hydrogen) atoms. The van der Waals surface area contributed by atoms with Gasteiger partial charge in [-0.15, -0.1) is 11.8 Å². The lowest BCUT2D eigenvalue weighted by molar-refractivity contribution is -0.128. The van der Waals surface area contributed by atoms with E-state index < -0.39 is 0 Å². The van der Waals surface area contributed by atoms with Crippen molar-refractivity contribution in [1.29, 1.82) is 0 Å². The second-order valence-corrected chi connectivity index (χ2v) is 5.06. The van der Waals surface area contributed by atoms with E-state index in [0.717, 1.165) is 21.9 Å². The Bertz CT molecular complexity index is 377. The number of aryl methyl sites for hydroxylation is 1. The largest absolute Gasteiger partial charge is 0.398 e. The van der Waals surface area contributed by atoms with Crippen LogP contribution in [0.15, 0.2) is 23.1 Å². The lowest BCUT2D eigenvalue weighted by atomic mass is 10.2. The van der Waals surface area contributed by atoms with Gasteiger partial charge >= 0.3 is 0 Å². The number of benzene rings is 1. The second kappa shape index (κ2) is 5.80. The van der Waals surface area contributed by atoms with Gasteiger partial charge in [-0.05, 0) is 24.6 Å². The number of hydrogen-bond acceptors (Lipinski definition) is 3. The fourth-order valence-electron chi connectivity index (χ4n) is 1.27. The van der Waals surface area contributed by atoms with E-state index in [0.29, 0.717) is 6.42 Å². The molecule has 0 aliphatic heterocycles. The molecule has 0 unspecified atom stereocenters. The standard InChI is InChI=1S/C12H18N2OS/c1-9-4-5-11(10(13)8-9)16-7-6-12(15)14(2)3/h4-5,8H,6-7,13H2,1-3H3. The number of carbonyl (C=O) groups is 1. The first kappa shape index (κ1) is 12.9. The Morgan fingerprint density at radius 2 is 2.12 bits per heavy atom. The van der Waals surface area contributed by atoms with Crippen LogP contribution in [0.25, 0.3) is 0 Å². The molecule has 0 atom stereocenters. The Morgan fingerprint density at radius 3 is 2.69 bits per heavy atom. The molecule has 0 aliphatic carbocycles. The molecule has 2 N–H and O–H groups in total. The molecular formula is C12H18N2OS. The van der Waals surface area contributed by atoms with Gasteiger partial charge in [0.05, 0.1) is 0 Å². The summed E-state index contributed by atoms with van der Waals surface area (Å²) < 4.78 is 0. The molecule has 0 aromatic heterocycles. The van der Waals surface area contributed by atoms with Crippen LogP contribution in [0, 0.1) is 6.92 Å². The van der Waals surface area contributed by atoms with Crippen LogP contribution in [0.4, 0.5) is 5.69 Å². The molecule has 3 nitrogen and oxygen atoms in total. The quantitative estimate of drug-likeness (QED) is 0.646. The predicted octanol–water partition coefficient (Wildman–Crippen LogP) is 2.15. The summed E-state index contributed by atoms with van der Waals surface area (Å²) in [5.41, 5.74) is 7.83. The minimum Gasteiger partial charge on any atom is -0.398 e. The van der Waals surface area contributed by atoms with Crippen LogP contribution in [0.5, 0.6) is 0 Å². The molecule has 88 valence electrons. The number of thioether (sulfide) groups is 1. The molecule has 1 aromatic rings. The van der Waals surface area contributed by atoms with Crippen molar-refractivity contribution in [2.75, 3.05) is 25.6 Å². The van der Waals surface area contributed by atoms with E-state index >= 15 is 0 Å². The summed E-state index contributed by atoms with van der Waals surface area (Å²) in [6, 6.07) is 6.00. The van der Waals surface area contributed by atoms with Crippen molar-refractivity contribution in [3.63, 3.8) is 0 Å². The molecule has 0 spiro atoms. The fourth-order valence-corrected chi connectivity index (χ4v) is 2.16. The van der Waals surface area contributed by atoms with Gasteiger partial charge in [0.1, 0.15) is 0 Å². The zero-order chi connectivity index (χ0) is 12.1. The number of hydrogen-bond donors (Lipinski definition) is 1. The average Bonchev–Trinajstić information content (AvgIpc) is 2.20. The van der Waals surface area contributed by atoms with Crippen LogP contribution in [0.2, 0.25) is 0 Å². The van der Waals surface area contributed by atoms with Gasteiger partial charge in [-0.1, -0.05) is 6.07 Å². The number of rotatable bonds is 4. The molecule has 1 amide bonds. The topological polar surface area (TPSA) is 46.3 Å². The average molecular weight is 238 g/mol. The molecule has 1 aromatic carbocycles. The van der Waals surface area contributed by atoms with E-state index in [1.54, 1.807) is 30.8 Å². The summed E-state index contributed by atoms with van der Waals surface area (Å²) >= 11 is 1.63. The number of carbonyl (C=O) groups excluding carboxylic acids is 1. The highest BCUT2D eigenvalue weighted by Gasteiger charge is 2.05. The van der Waals surface area contributed by atoms with E-state index in [1.807, 2.05) is 25.1 Å². The van der Waals surface area contributed by atoms with Crippen molar-refractivity contribution >= 4 is 23.4 Å². The highest BCUT2D eigenvalue weighted by atomic mass is 32.2. The Morgan fingerprint density at radius 1 is 1.44 bits per heavy atom. The van der Waals surface area contributed by atoms with Gasteiger partial charge in [-0.2, -0.15) is 0 Å². The lowest BCUT2D eigenvalue weighted by Crippen LogP contribution is -2.21. The third kappa shape index (κ3) is 3.77. The maximum atomic E-state index is 11.4. The van der Waals surface area contributed by atoms with Crippen molar-refractivity contribution in [3.8, 4) is 0 Å². The van der Waals surface area contributed by atoms with Crippen molar-refractivity contribution < 1.29 is 4.79 Å². The number of amides is 1. The number of nitrogens with zero attached hydrogens (tertiary/aromatic N) is 1. The third-order valence-corrected chi connectivity index (χ3v) is 3.33. The molecule has 4 heteroatoms. The van der Waals surface area contributed by atoms with Gasteiger partial charge in [0.25, 0.3) is 0 Å². The maximum Gasteiger partial charge on any atom is 0.222 e. The van der Waals surface area contributed by atoms with E-state index in [1.165, 1.54) is 0 Å². The summed E-state index contributed by atoms with van der Waals surface area (Å²) in [7, 11) is 3.54. The summed E-state index contributed by atoms with van der Waals surface area (Å²) in [5.74, 6) is 0.919. The molecule has 0 saturated carbocycles. The summed E-state index contributed by atoms with van der Waals surface area (Å²) in [6.45, 7) is 2.01. The Kier molecular flexibility index (Phi) is 4.68. The summed E-state index contributed by atoms with van der Waals surface area (Å²) in [5, 5.41) is 0. The van der Waals surface area contributed by atoms with E-state index in [-0.39, 0.29) is 5.91 Å². The van der Waals surface area contributed by atoms with Crippen molar-refractivity contribution in [1.82, 2.24) is 4.90 Å². The summed E-state index contributed by atoms with van der Waals surface area (Å²) in [4.78, 5) is 14.0. The Labute approximate surface area is 101 Å². The minimum absolute atomic E-state index is 0.151. The molecule has 0 heterocycles. The number of anilines is 1. The second-order valence-electron chi connectivity index (χ2n) is 3.93. The van der Waals surface area contributed by atoms with Gasteiger partial charge < -0.3 is 10.6 Å².